The zero-order valence-corrected chi connectivity index (χ0v) is 15.6. The molecule has 0 aromatic carbocycles. The minimum Gasteiger partial charge on any atom is -0.452 e. The number of fused-ring (bicyclic) bond motifs is 1. The number of hydrogen-bond acceptors (Lipinski definition) is 7. The fourth-order valence-corrected chi connectivity index (χ4v) is 3.37. The molecule has 3 aromatic rings. The molecule has 3 aromatic heterocycles. The van der Waals surface area contributed by atoms with Crippen molar-refractivity contribution < 1.29 is 18.8 Å². The number of thiophene rings is 1. The monoisotopic (exact) mass is 373 g/mol. The molecule has 7 nitrogen and oxygen atoms in total. The first-order chi connectivity index (χ1) is 12.5. The van der Waals surface area contributed by atoms with Crippen LogP contribution < -0.4 is 0 Å². The summed E-state index contributed by atoms with van der Waals surface area (Å²) in [4.78, 5) is 31.7. The zero-order valence-electron chi connectivity index (χ0n) is 14.8. The molecule has 1 amide bonds. The number of hydrogen-bond donors (Lipinski definition) is 0. The van der Waals surface area contributed by atoms with Crippen LogP contribution in [0.1, 0.15) is 29.9 Å². The second-order valence-corrected chi connectivity index (χ2v) is 6.57. The summed E-state index contributed by atoms with van der Waals surface area (Å²) in [5, 5.41) is 6.32. The predicted octanol–water partition coefficient (Wildman–Crippen LogP) is 3.28. The lowest BCUT2D eigenvalue weighted by Gasteiger charge is -2.18. The summed E-state index contributed by atoms with van der Waals surface area (Å²) in [5.41, 5.74) is 1.72. The van der Waals surface area contributed by atoms with Gasteiger partial charge in [-0.25, -0.2) is 9.78 Å². The van der Waals surface area contributed by atoms with E-state index in [1.807, 2.05) is 31.4 Å². The van der Waals surface area contributed by atoms with Gasteiger partial charge in [0.05, 0.1) is 27.2 Å². The van der Waals surface area contributed by atoms with Crippen LogP contribution in [-0.4, -0.2) is 46.6 Å². The molecular weight excluding hydrogens is 354 g/mol. The van der Waals surface area contributed by atoms with Gasteiger partial charge in [-0.1, -0.05) is 11.2 Å². The van der Waals surface area contributed by atoms with E-state index in [-0.39, 0.29) is 18.2 Å². The minimum absolute atomic E-state index is 0.228. The first kappa shape index (κ1) is 18.1. The van der Waals surface area contributed by atoms with E-state index in [0.717, 1.165) is 4.88 Å². The summed E-state index contributed by atoms with van der Waals surface area (Å²) in [5.74, 6) is -0.823. The minimum atomic E-state index is -0.595. The van der Waals surface area contributed by atoms with Crippen molar-refractivity contribution in [1.29, 1.82) is 0 Å². The van der Waals surface area contributed by atoms with Crippen molar-refractivity contribution in [2.24, 2.45) is 0 Å². The number of nitrogens with zero attached hydrogens (tertiary/aromatic N) is 3. The Bertz CT molecular complexity index is 929. The highest BCUT2D eigenvalue weighted by molar-refractivity contribution is 7.13. The van der Waals surface area contributed by atoms with E-state index in [9.17, 15) is 9.59 Å². The van der Waals surface area contributed by atoms with Crippen molar-refractivity contribution in [1.82, 2.24) is 15.0 Å². The fraction of sp³-hybridized carbons (Fsp3) is 0.333. The predicted molar refractivity (Wildman–Crippen MR) is 98.1 cm³/mol. The number of aromatic nitrogens is 2. The Morgan fingerprint density at radius 1 is 1.31 bits per heavy atom. The second-order valence-electron chi connectivity index (χ2n) is 5.62. The molecule has 0 bridgehead atoms. The Kier molecular flexibility index (Phi) is 5.32. The lowest BCUT2D eigenvalue weighted by molar-refractivity contribution is -0.134. The van der Waals surface area contributed by atoms with E-state index in [4.69, 9.17) is 9.26 Å². The summed E-state index contributed by atoms with van der Waals surface area (Å²) in [6, 6.07) is 5.46. The second kappa shape index (κ2) is 7.65. The van der Waals surface area contributed by atoms with Crippen LogP contribution in [-0.2, 0) is 9.53 Å². The zero-order chi connectivity index (χ0) is 18.7. The summed E-state index contributed by atoms with van der Waals surface area (Å²) in [7, 11) is 0. The Labute approximate surface area is 154 Å². The highest BCUT2D eigenvalue weighted by Gasteiger charge is 2.22. The molecule has 8 heteroatoms. The number of pyridine rings is 1. The molecule has 0 unspecified atom stereocenters. The number of ether oxygens (including phenoxy) is 1. The van der Waals surface area contributed by atoms with Gasteiger partial charge in [0.15, 0.2) is 6.61 Å². The molecule has 0 atom stereocenters. The van der Waals surface area contributed by atoms with Crippen LogP contribution in [0.3, 0.4) is 0 Å². The molecule has 0 N–H and O–H groups in total. The largest absolute Gasteiger partial charge is 0.452 e. The standard InChI is InChI=1S/C18H19N3O4S/c1-4-21(5-2)15(22)10-24-18(23)12-9-13(14-7-6-8-26-14)19-17-16(12)11(3)20-25-17/h6-9H,4-5,10H2,1-3H3. The molecule has 0 saturated heterocycles. The maximum absolute atomic E-state index is 12.6. The highest BCUT2D eigenvalue weighted by Crippen LogP contribution is 2.29. The smallest absolute Gasteiger partial charge is 0.339 e. The lowest BCUT2D eigenvalue weighted by Crippen LogP contribution is -2.34. The summed E-state index contributed by atoms with van der Waals surface area (Å²) >= 11 is 1.50. The fourth-order valence-electron chi connectivity index (χ4n) is 2.68. The summed E-state index contributed by atoms with van der Waals surface area (Å²) in [6.07, 6.45) is 0. The molecule has 0 aliphatic carbocycles. The molecule has 0 aliphatic rings. The third-order valence-electron chi connectivity index (χ3n) is 4.05. The SMILES string of the molecule is CCN(CC)C(=O)COC(=O)c1cc(-c2cccs2)nc2onc(C)c12. The average Bonchev–Trinajstić information content (AvgIpc) is 3.30. The van der Waals surface area contributed by atoms with Crippen molar-refractivity contribution in [2.45, 2.75) is 20.8 Å². The molecule has 3 heterocycles. The maximum Gasteiger partial charge on any atom is 0.339 e. The average molecular weight is 373 g/mol. The molecule has 0 saturated carbocycles. The summed E-state index contributed by atoms with van der Waals surface area (Å²) < 4.78 is 10.5. The molecule has 0 radical (unpaired) electrons. The van der Waals surface area contributed by atoms with Gasteiger partial charge in [-0.15, -0.1) is 11.3 Å². The number of amides is 1. The lowest BCUT2D eigenvalue weighted by atomic mass is 10.1. The van der Waals surface area contributed by atoms with Gasteiger partial charge in [0, 0.05) is 13.1 Å². The third-order valence-corrected chi connectivity index (χ3v) is 4.95. The molecule has 26 heavy (non-hydrogen) atoms. The first-order valence-electron chi connectivity index (χ1n) is 8.30. The van der Waals surface area contributed by atoms with Gasteiger partial charge in [-0.3, -0.25) is 4.79 Å². The number of carbonyl (C=O) groups is 2. The molecule has 136 valence electrons. The number of esters is 1. The molecule has 3 rings (SSSR count). The number of rotatable bonds is 6. The number of carbonyl (C=O) groups excluding carboxylic acids is 2. The maximum atomic E-state index is 12.6. The van der Waals surface area contributed by atoms with Crippen LogP contribution in [0.25, 0.3) is 21.7 Å². The van der Waals surface area contributed by atoms with Crippen LogP contribution in [0, 0.1) is 6.92 Å². The van der Waals surface area contributed by atoms with Gasteiger partial charge in [-0.2, -0.15) is 0 Å². The Hall–Kier alpha value is -2.74. The van der Waals surface area contributed by atoms with E-state index < -0.39 is 5.97 Å². The van der Waals surface area contributed by atoms with Crippen molar-refractivity contribution in [3.8, 4) is 10.6 Å². The highest BCUT2D eigenvalue weighted by atomic mass is 32.1. The van der Waals surface area contributed by atoms with Crippen LogP contribution in [0.15, 0.2) is 28.1 Å². The van der Waals surface area contributed by atoms with Gasteiger partial charge < -0.3 is 14.2 Å². The van der Waals surface area contributed by atoms with Crippen LogP contribution in [0.4, 0.5) is 0 Å². The summed E-state index contributed by atoms with van der Waals surface area (Å²) in [6.45, 7) is 6.32. The molecule has 0 aliphatic heterocycles. The molecular formula is C18H19N3O4S. The Balaban J connectivity index is 1.91. The van der Waals surface area contributed by atoms with Crippen LogP contribution in [0.5, 0.6) is 0 Å². The molecule has 0 fully saturated rings. The van der Waals surface area contributed by atoms with Crippen molar-refractivity contribution in [3.05, 3.63) is 34.8 Å². The normalized spacial score (nSPS) is 10.9. The topological polar surface area (TPSA) is 85.5 Å². The number of aryl methyl sites for hydroxylation is 1. The van der Waals surface area contributed by atoms with E-state index in [0.29, 0.717) is 35.4 Å². The van der Waals surface area contributed by atoms with Crippen molar-refractivity contribution >= 4 is 34.3 Å². The van der Waals surface area contributed by atoms with Gasteiger partial charge in [0.1, 0.15) is 0 Å². The number of likely N-dealkylation sites (N-methyl/N-ethyl adjacent to an activating group) is 1. The van der Waals surface area contributed by atoms with E-state index >= 15 is 0 Å². The van der Waals surface area contributed by atoms with E-state index in [2.05, 4.69) is 10.1 Å². The van der Waals surface area contributed by atoms with Gasteiger partial charge >= 0.3 is 5.97 Å². The van der Waals surface area contributed by atoms with Crippen molar-refractivity contribution in [2.75, 3.05) is 19.7 Å². The van der Waals surface area contributed by atoms with Gasteiger partial charge in [0.2, 0.25) is 0 Å². The van der Waals surface area contributed by atoms with Gasteiger partial charge in [0.25, 0.3) is 11.6 Å². The Morgan fingerprint density at radius 3 is 2.73 bits per heavy atom. The van der Waals surface area contributed by atoms with Gasteiger partial charge in [-0.05, 0) is 38.3 Å². The van der Waals surface area contributed by atoms with E-state index in [1.54, 1.807) is 17.9 Å². The first-order valence-corrected chi connectivity index (χ1v) is 9.18. The third kappa shape index (κ3) is 3.45. The van der Waals surface area contributed by atoms with Crippen LogP contribution in [0.2, 0.25) is 0 Å². The van der Waals surface area contributed by atoms with Crippen LogP contribution >= 0.6 is 11.3 Å². The van der Waals surface area contributed by atoms with Crippen molar-refractivity contribution in [3.63, 3.8) is 0 Å². The molecule has 0 spiro atoms. The van der Waals surface area contributed by atoms with E-state index in [1.165, 1.54) is 11.3 Å². The quantitative estimate of drug-likeness (QED) is 0.617. The Morgan fingerprint density at radius 2 is 2.08 bits per heavy atom.